The van der Waals surface area contributed by atoms with E-state index in [1.807, 2.05) is 6.07 Å². The summed E-state index contributed by atoms with van der Waals surface area (Å²) in [7, 11) is 0. The van der Waals surface area contributed by atoms with E-state index < -0.39 is 6.43 Å². The topological polar surface area (TPSA) is 35.8 Å². The summed E-state index contributed by atoms with van der Waals surface area (Å²) in [5.74, 6) is 0. The van der Waals surface area contributed by atoms with Crippen molar-refractivity contribution in [3.63, 3.8) is 0 Å². The van der Waals surface area contributed by atoms with E-state index in [2.05, 4.69) is 5.32 Å². The molecule has 0 amide bonds. The minimum Gasteiger partial charge on any atom is -0.307 e. The van der Waals surface area contributed by atoms with Crippen LogP contribution in [0.2, 0.25) is 5.02 Å². The van der Waals surface area contributed by atoms with Crippen molar-refractivity contribution in [2.75, 3.05) is 6.54 Å². The molecule has 0 saturated carbocycles. The molecule has 1 N–H and O–H groups in total. The van der Waals surface area contributed by atoms with Gasteiger partial charge in [0.15, 0.2) is 0 Å². The Balaban J connectivity index is 2.59. The van der Waals surface area contributed by atoms with E-state index in [0.29, 0.717) is 16.1 Å². The minimum atomic E-state index is -2.37. The molecule has 2 nitrogen and oxygen atoms in total. The van der Waals surface area contributed by atoms with Crippen molar-refractivity contribution in [1.82, 2.24) is 5.32 Å². The van der Waals surface area contributed by atoms with Crippen molar-refractivity contribution in [2.45, 2.75) is 13.0 Å². The van der Waals surface area contributed by atoms with Gasteiger partial charge in [0.25, 0.3) is 6.43 Å². The van der Waals surface area contributed by atoms with Crippen LogP contribution in [-0.4, -0.2) is 13.0 Å². The first kappa shape index (κ1) is 11.9. The highest BCUT2D eigenvalue weighted by Crippen LogP contribution is 2.17. The molecule has 0 saturated heterocycles. The van der Waals surface area contributed by atoms with E-state index in [9.17, 15) is 8.78 Å². The van der Waals surface area contributed by atoms with Gasteiger partial charge in [0.1, 0.15) is 0 Å². The quantitative estimate of drug-likeness (QED) is 0.863. The molecule has 80 valence electrons. The second-order valence-electron chi connectivity index (χ2n) is 2.94. The van der Waals surface area contributed by atoms with E-state index in [1.165, 1.54) is 6.07 Å². The van der Waals surface area contributed by atoms with E-state index in [1.54, 1.807) is 12.1 Å². The largest absolute Gasteiger partial charge is 0.307 e. The maximum Gasteiger partial charge on any atom is 0.250 e. The molecule has 0 aliphatic rings. The molecule has 0 atom stereocenters. The van der Waals surface area contributed by atoms with Gasteiger partial charge in [-0.15, -0.1) is 0 Å². The molecule has 5 heteroatoms. The molecular weight excluding hydrogens is 222 g/mol. The van der Waals surface area contributed by atoms with Crippen molar-refractivity contribution in [3.05, 3.63) is 34.3 Å². The van der Waals surface area contributed by atoms with Gasteiger partial charge in [-0.2, -0.15) is 5.26 Å². The molecule has 1 aromatic carbocycles. The predicted molar refractivity (Wildman–Crippen MR) is 53.9 cm³/mol. The highest BCUT2D eigenvalue weighted by molar-refractivity contribution is 6.31. The maximum atomic E-state index is 11.8. The summed E-state index contributed by atoms with van der Waals surface area (Å²) in [5.41, 5.74) is 1.16. The molecule has 0 aromatic heterocycles. The van der Waals surface area contributed by atoms with Crippen LogP contribution in [0.4, 0.5) is 8.78 Å². The Morgan fingerprint density at radius 2 is 2.20 bits per heavy atom. The SMILES string of the molecule is N#Cc1ccc(CNCC(F)F)c(Cl)c1. The van der Waals surface area contributed by atoms with Crippen LogP contribution in [0.25, 0.3) is 0 Å². The fourth-order valence-electron chi connectivity index (χ4n) is 1.08. The number of alkyl halides is 2. The summed E-state index contributed by atoms with van der Waals surface area (Å²) in [6.45, 7) is -0.0921. The Hall–Kier alpha value is -1.18. The fraction of sp³-hybridized carbons (Fsp3) is 0.300. The smallest absolute Gasteiger partial charge is 0.250 e. The monoisotopic (exact) mass is 230 g/mol. The van der Waals surface area contributed by atoms with Crippen molar-refractivity contribution in [1.29, 1.82) is 5.26 Å². The molecule has 15 heavy (non-hydrogen) atoms. The summed E-state index contributed by atoms with van der Waals surface area (Å²) < 4.78 is 23.6. The average molecular weight is 231 g/mol. The lowest BCUT2D eigenvalue weighted by Crippen LogP contribution is -2.20. The molecule has 0 aliphatic heterocycles. The number of halogens is 3. The van der Waals surface area contributed by atoms with Gasteiger partial charge in [0, 0.05) is 11.6 Å². The Labute approximate surface area is 91.5 Å². The zero-order chi connectivity index (χ0) is 11.3. The minimum absolute atomic E-state index is 0.273. The normalized spacial score (nSPS) is 10.3. The molecule has 0 fully saturated rings. The Bertz CT molecular complexity index is 374. The van der Waals surface area contributed by atoms with E-state index in [-0.39, 0.29) is 13.1 Å². The van der Waals surface area contributed by atoms with Crippen molar-refractivity contribution < 1.29 is 8.78 Å². The van der Waals surface area contributed by atoms with Crippen LogP contribution in [-0.2, 0) is 6.54 Å². The molecule has 0 aliphatic carbocycles. The van der Waals surface area contributed by atoms with E-state index in [4.69, 9.17) is 16.9 Å². The van der Waals surface area contributed by atoms with Crippen LogP contribution in [0, 0.1) is 11.3 Å². The van der Waals surface area contributed by atoms with Gasteiger partial charge in [-0.1, -0.05) is 17.7 Å². The van der Waals surface area contributed by atoms with Crippen LogP contribution in [0.1, 0.15) is 11.1 Å². The van der Waals surface area contributed by atoms with Gasteiger partial charge >= 0.3 is 0 Å². The lowest BCUT2D eigenvalue weighted by molar-refractivity contribution is 0.145. The van der Waals surface area contributed by atoms with Crippen LogP contribution in [0.3, 0.4) is 0 Å². The van der Waals surface area contributed by atoms with Crippen LogP contribution in [0.5, 0.6) is 0 Å². The van der Waals surface area contributed by atoms with Crippen molar-refractivity contribution in [3.8, 4) is 6.07 Å². The van der Waals surface area contributed by atoms with Crippen molar-refractivity contribution in [2.24, 2.45) is 0 Å². The third kappa shape index (κ3) is 3.82. The van der Waals surface area contributed by atoms with Crippen LogP contribution in [0.15, 0.2) is 18.2 Å². The maximum absolute atomic E-state index is 11.8. The third-order valence-corrected chi connectivity index (χ3v) is 2.15. The summed E-state index contributed by atoms with van der Waals surface area (Å²) in [6.07, 6.45) is -2.37. The standard InChI is InChI=1S/C10H9ClF2N2/c11-9-3-7(4-14)1-2-8(9)5-15-6-10(12)13/h1-3,10,15H,5-6H2. The van der Waals surface area contributed by atoms with E-state index in [0.717, 1.165) is 0 Å². The first-order valence-corrected chi connectivity index (χ1v) is 4.68. The summed E-state index contributed by atoms with van der Waals surface area (Å²) in [4.78, 5) is 0. The predicted octanol–water partition coefficient (Wildman–Crippen LogP) is 2.57. The number of nitriles is 1. The first-order chi connectivity index (χ1) is 7.13. The molecule has 1 aromatic rings. The molecule has 0 spiro atoms. The lowest BCUT2D eigenvalue weighted by atomic mass is 10.1. The van der Waals surface area contributed by atoms with Gasteiger partial charge in [-0.25, -0.2) is 8.78 Å². The summed E-state index contributed by atoms with van der Waals surface area (Å²) in [5, 5.41) is 11.6. The molecule has 0 unspecified atom stereocenters. The van der Waals surface area contributed by atoms with Gasteiger partial charge in [0.05, 0.1) is 18.2 Å². The van der Waals surface area contributed by atoms with Gasteiger partial charge in [-0.3, -0.25) is 0 Å². The molecule has 1 rings (SSSR count). The molecular formula is C10H9ClF2N2. The zero-order valence-corrected chi connectivity index (χ0v) is 8.56. The Morgan fingerprint density at radius 3 is 2.73 bits per heavy atom. The summed E-state index contributed by atoms with van der Waals surface area (Å²) >= 11 is 5.84. The van der Waals surface area contributed by atoms with E-state index >= 15 is 0 Å². The molecule has 0 heterocycles. The van der Waals surface area contributed by atoms with Gasteiger partial charge < -0.3 is 5.32 Å². The highest BCUT2D eigenvalue weighted by atomic mass is 35.5. The van der Waals surface area contributed by atoms with Crippen LogP contribution < -0.4 is 5.32 Å². The lowest BCUT2D eigenvalue weighted by Gasteiger charge is -2.06. The van der Waals surface area contributed by atoms with Gasteiger partial charge in [0.2, 0.25) is 0 Å². The number of rotatable bonds is 4. The summed E-state index contributed by atoms with van der Waals surface area (Å²) in [6, 6.07) is 6.71. The highest BCUT2D eigenvalue weighted by Gasteiger charge is 2.04. The average Bonchev–Trinajstić information content (AvgIpc) is 2.20. The third-order valence-electron chi connectivity index (χ3n) is 1.80. The number of nitrogens with one attached hydrogen (secondary N) is 1. The molecule has 0 bridgehead atoms. The fourth-order valence-corrected chi connectivity index (χ4v) is 1.32. The van der Waals surface area contributed by atoms with Gasteiger partial charge in [-0.05, 0) is 17.7 Å². The van der Waals surface area contributed by atoms with Crippen molar-refractivity contribution >= 4 is 11.6 Å². The Kier molecular flexibility index (Phi) is 4.47. The molecule has 0 radical (unpaired) electrons. The first-order valence-electron chi connectivity index (χ1n) is 4.31. The number of benzene rings is 1. The number of hydrogen-bond acceptors (Lipinski definition) is 2. The second-order valence-corrected chi connectivity index (χ2v) is 3.35. The Morgan fingerprint density at radius 1 is 1.47 bits per heavy atom. The number of hydrogen-bond donors (Lipinski definition) is 1. The second kappa shape index (κ2) is 5.64. The van der Waals surface area contributed by atoms with Crippen LogP contribution >= 0.6 is 11.6 Å². The zero-order valence-electron chi connectivity index (χ0n) is 7.80. The number of nitrogens with zero attached hydrogens (tertiary/aromatic N) is 1.